The van der Waals surface area contributed by atoms with Crippen LogP contribution in [0.3, 0.4) is 0 Å². The Morgan fingerprint density at radius 1 is 1.35 bits per heavy atom. The van der Waals surface area contributed by atoms with Crippen molar-refractivity contribution in [3.05, 3.63) is 46.0 Å². The van der Waals surface area contributed by atoms with E-state index in [-0.39, 0.29) is 23.3 Å². The summed E-state index contributed by atoms with van der Waals surface area (Å²) in [5, 5.41) is 10.7. The Labute approximate surface area is 101 Å². The lowest BCUT2D eigenvalue weighted by Crippen LogP contribution is -2.22. The van der Waals surface area contributed by atoms with Gasteiger partial charge in [-0.05, 0) is 12.0 Å². The van der Waals surface area contributed by atoms with Crippen LogP contribution in [0.4, 0.5) is 0 Å². The van der Waals surface area contributed by atoms with Crippen LogP contribution in [0.25, 0.3) is 0 Å². The van der Waals surface area contributed by atoms with E-state index in [0.717, 1.165) is 18.3 Å². The Bertz CT molecular complexity index is 364. The molecule has 0 spiro atoms. The van der Waals surface area contributed by atoms with Crippen molar-refractivity contribution < 1.29 is 9.72 Å². The molecule has 0 saturated heterocycles. The van der Waals surface area contributed by atoms with Gasteiger partial charge in [0.25, 0.3) is 0 Å². The first-order valence-electron chi connectivity index (χ1n) is 5.81. The molecule has 0 amide bonds. The topological polar surface area (TPSA) is 60.2 Å². The van der Waals surface area contributed by atoms with Crippen LogP contribution in [0.15, 0.2) is 30.3 Å². The van der Waals surface area contributed by atoms with Gasteiger partial charge in [0.2, 0.25) is 6.54 Å². The van der Waals surface area contributed by atoms with Gasteiger partial charge in [0.1, 0.15) is 6.29 Å². The van der Waals surface area contributed by atoms with Gasteiger partial charge in [0.05, 0.1) is 5.92 Å². The number of hydrogen-bond acceptors (Lipinski definition) is 3. The molecule has 1 aromatic rings. The van der Waals surface area contributed by atoms with E-state index in [1.807, 2.05) is 37.3 Å². The van der Waals surface area contributed by atoms with Gasteiger partial charge in [-0.1, -0.05) is 43.7 Å². The number of carbonyl (C=O) groups excluding carboxylic acids is 1. The molecule has 0 saturated carbocycles. The van der Waals surface area contributed by atoms with E-state index in [0.29, 0.717) is 6.42 Å². The highest BCUT2D eigenvalue weighted by Gasteiger charge is 2.26. The molecular weight excluding hydrogens is 218 g/mol. The Morgan fingerprint density at radius 3 is 2.47 bits per heavy atom. The molecule has 0 radical (unpaired) electrons. The number of aldehydes is 1. The fourth-order valence-electron chi connectivity index (χ4n) is 2.05. The molecule has 0 aromatic heterocycles. The molecule has 2 atom stereocenters. The fourth-order valence-corrected chi connectivity index (χ4v) is 2.05. The monoisotopic (exact) mass is 235 g/mol. The zero-order chi connectivity index (χ0) is 12.7. The van der Waals surface area contributed by atoms with E-state index in [1.54, 1.807) is 0 Å². The molecule has 0 aliphatic carbocycles. The van der Waals surface area contributed by atoms with E-state index in [4.69, 9.17) is 0 Å². The zero-order valence-corrected chi connectivity index (χ0v) is 9.91. The molecule has 92 valence electrons. The second kappa shape index (κ2) is 6.78. The van der Waals surface area contributed by atoms with Gasteiger partial charge in [0, 0.05) is 10.8 Å². The third-order valence-electron chi connectivity index (χ3n) is 2.89. The van der Waals surface area contributed by atoms with Crippen LogP contribution in [0.2, 0.25) is 0 Å². The maximum absolute atomic E-state index is 11.1. The van der Waals surface area contributed by atoms with Crippen molar-refractivity contribution in [1.82, 2.24) is 0 Å². The largest absolute Gasteiger partial charge is 0.303 e. The van der Waals surface area contributed by atoms with Crippen molar-refractivity contribution >= 4 is 6.29 Å². The molecular formula is C13H17NO3. The minimum atomic E-state index is -0.343. The first kappa shape index (κ1) is 13.4. The lowest BCUT2D eigenvalue weighted by molar-refractivity contribution is -0.484. The van der Waals surface area contributed by atoms with Crippen LogP contribution in [-0.4, -0.2) is 17.8 Å². The lowest BCUT2D eigenvalue weighted by Gasteiger charge is -2.19. The standard InChI is InChI=1S/C13H17NO3/c1-2-6-12(10-15)13(9-14(16)17)11-7-4-3-5-8-11/h3-5,7-8,10,12-13H,2,6,9H2,1H3/t12?,13-/m1/s1. The predicted molar refractivity (Wildman–Crippen MR) is 65.5 cm³/mol. The summed E-state index contributed by atoms with van der Waals surface area (Å²) in [7, 11) is 0. The van der Waals surface area contributed by atoms with E-state index < -0.39 is 0 Å². The average molecular weight is 235 g/mol. The Kier molecular flexibility index (Phi) is 5.33. The maximum Gasteiger partial charge on any atom is 0.211 e. The van der Waals surface area contributed by atoms with Gasteiger partial charge in [-0.15, -0.1) is 0 Å². The van der Waals surface area contributed by atoms with E-state index >= 15 is 0 Å². The lowest BCUT2D eigenvalue weighted by atomic mass is 9.84. The number of carbonyl (C=O) groups is 1. The Morgan fingerprint density at radius 2 is 2.00 bits per heavy atom. The normalized spacial score (nSPS) is 13.9. The van der Waals surface area contributed by atoms with Crippen LogP contribution < -0.4 is 0 Å². The van der Waals surface area contributed by atoms with Crippen LogP contribution in [0.5, 0.6) is 0 Å². The van der Waals surface area contributed by atoms with Gasteiger partial charge in [-0.3, -0.25) is 10.1 Å². The molecule has 1 rings (SSSR count). The summed E-state index contributed by atoms with van der Waals surface area (Å²) in [5.74, 6) is -0.587. The van der Waals surface area contributed by atoms with Crippen molar-refractivity contribution in [1.29, 1.82) is 0 Å². The van der Waals surface area contributed by atoms with Crippen LogP contribution in [-0.2, 0) is 4.79 Å². The van der Waals surface area contributed by atoms with Crippen molar-refractivity contribution in [2.75, 3.05) is 6.54 Å². The highest BCUT2D eigenvalue weighted by atomic mass is 16.6. The molecule has 1 aromatic carbocycles. The number of nitro groups is 1. The molecule has 0 heterocycles. The Balaban J connectivity index is 2.93. The van der Waals surface area contributed by atoms with Crippen LogP contribution >= 0.6 is 0 Å². The number of nitrogens with zero attached hydrogens (tertiary/aromatic N) is 1. The van der Waals surface area contributed by atoms with Crippen LogP contribution in [0, 0.1) is 16.0 Å². The van der Waals surface area contributed by atoms with E-state index in [9.17, 15) is 14.9 Å². The fraction of sp³-hybridized carbons (Fsp3) is 0.462. The molecule has 0 aliphatic heterocycles. The second-order valence-corrected chi connectivity index (χ2v) is 4.12. The van der Waals surface area contributed by atoms with Gasteiger partial charge in [-0.2, -0.15) is 0 Å². The van der Waals surface area contributed by atoms with E-state index in [2.05, 4.69) is 0 Å². The molecule has 0 bridgehead atoms. The molecule has 4 heteroatoms. The molecule has 0 aliphatic rings. The number of rotatable bonds is 7. The number of benzene rings is 1. The minimum absolute atomic E-state index is 0.187. The zero-order valence-electron chi connectivity index (χ0n) is 9.91. The van der Waals surface area contributed by atoms with Gasteiger partial charge in [0.15, 0.2) is 0 Å². The molecule has 4 nitrogen and oxygen atoms in total. The SMILES string of the molecule is CCCC(C=O)[C@H](C[N+](=O)[O-])c1ccccc1. The third-order valence-corrected chi connectivity index (χ3v) is 2.89. The molecule has 17 heavy (non-hydrogen) atoms. The summed E-state index contributed by atoms with van der Waals surface area (Å²) in [6.45, 7) is 1.79. The summed E-state index contributed by atoms with van der Waals surface area (Å²) in [6, 6.07) is 9.25. The summed E-state index contributed by atoms with van der Waals surface area (Å²) >= 11 is 0. The average Bonchev–Trinajstić information content (AvgIpc) is 2.34. The van der Waals surface area contributed by atoms with Crippen molar-refractivity contribution in [2.45, 2.75) is 25.7 Å². The quantitative estimate of drug-likeness (QED) is 0.414. The Hall–Kier alpha value is -1.71. The summed E-state index contributed by atoms with van der Waals surface area (Å²) in [4.78, 5) is 21.4. The van der Waals surface area contributed by atoms with Gasteiger partial charge >= 0.3 is 0 Å². The summed E-state index contributed by atoms with van der Waals surface area (Å²) in [6.07, 6.45) is 2.39. The minimum Gasteiger partial charge on any atom is -0.303 e. The first-order valence-corrected chi connectivity index (χ1v) is 5.81. The highest BCUT2D eigenvalue weighted by Crippen LogP contribution is 2.27. The van der Waals surface area contributed by atoms with Crippen LogP contribution in [0.1, 0.15) is 31.2 Å². The maximum atomic E-state index is 11.1. The second-order valence-electron chi connectivity index (χ2n) is 4.12. The van der Waals surface area contributed by atoms with Crippen molar-refractivity contribution in [3.63, 3.8) is 0 Å². The smallest absolute Gasteiger partial charge is 0.211 e. The highest BCUT2D eigenvalue weighted by molar-refractivity contribution is 5.56. The van der Waals surface area contributed by atoms with Crippen molar-refractivity contribution in [3.8, 4) is 0 Å². The van der Waals surface area contributed by atoms with Gasteiger partial charge < -0.3 is 4.79 Å². The van der Waals surface area contributed by atoms with E-state index in [1.165, 1.54) is 0 Å². The van der Waals surface area contributed by atoms with Gasteiger partial charge in [-0.25, -0.2) is 0 Å². The molecule has 0 fully saturated rings. The third kappa shape index (κ3) is 3.98. The number of hydrogen-bond donors (Lipinski definition) is 0. The predicted octanol–water partition coefficient (Wildman–Crippen LogP) is 2.66. The molecule has 1 unspecified atom stereocenters. The van der Waals surface area contributed by atoms with Crippen molar-refractivity contribution in [2.24, 2.45) is 5.92 Å². The first-order chi connectivity index (χ1) is 8.19. The summed E-state index contributed by atoms with van der Waals surface area (Å²) in [5.41, 5.74) is 0.870. The molecule has 0 N–H and O–H groups in total. The summed E-state index contributed by atoms with van der Waals surface area (Å²) < 4.78 is 0.